The van der Waals surface area contributed by atoms with Crippen LogP contribution in [0.3, 0.4) is 0 Å². The monoisotopic (exact) mass is 513 g/mol. The Balaban J connectivity index is 0.00000300. The van der Waals surface area contributed by atoms with Gasteiger partial charge < -0.3 is 20.4 Å². The van der Waals surface area contributed by atoms with Crippen LogP contribution in [-0.4, -0.2) is 48.8 Å². The van der Waals surface area contributed by atoms with Gasteiger partial charge in [-0.25, -0.2) is 4.98 Å². The number of halogens is 1. The first-order valence-electron chi connectivity index (χ1n) is 10.8. The Hall–Kier alpha value is -1.35. The zero-order chi connectivity index (χ0) is 19.7. The van der Waals surface area contributed by atoms with Gasteiger partial charge in [-0.1, -0.05) is 25.0 Å². The van der Waals surface area contributed by atoms with Crippen molar-refractivity contribution in [3.05, 3.63) is 30.1 Å². The van der Waals surface area contributed by atoms with E-state index in [1.165, 1.54) is 25.7 Å². The number of rotatable bonds is 10. The van der Waals surface area contributed by atoms with Crippen LogP contribution in [-0.2, 0) is 11.2 Å². The minimum absolute atomic E-state index is 0. The molecule has 3 N–H and O–H groups in total. The van der Waals surface area contributed by atoms with Crippen molar-refractivity contribution in [2.24, 2.45) is 10.4 Å². The predicted molar refractivity (Wildman–Crippen MR) is 131 cm³/mol. The van der Waals surface area contributed by atoms with Crippen molar-refractivity contribution in [2.45, 2.75) is 52.4 Å². The van der Waals surface area contributed by atoms with Gasteiger partial charge in [-0.2, -0.15) is 0 Å². The molecule has 1 aromatic carbocycles. The molecule has 2 aromatic rings. The molecule has 0 unspecified atom stereocenters. The van der Waals surface area contributed by atoms with E-state index in [1.807, 2.05) is 18.2 Å². The topological polar surface area (TPSA) is 74.3 Å². The van der Waals surface area contributed by atoms with Crippen LogP contribution in [0.25, 0.3) is 11.0 Å². The molecule has 0 spiro atoms. The van der Waals surface area contributed by atoms with Crippen LogP contribution in [0.2, 0.25) is 0 Å². The molecule has 0 bridgehead atoms. The van der Waals surface area contributed by atoms with Crippen molar-refractivity contribution in [2.75, 3.05) is 32.8 Å². The fourth-order valence-electron chi connectivity index (χ4n) is 4.06. The molecule has 1 aromatic heterocycles. The first-order chi connectivity index (χ1) is 13.7. The number of fused-ring (bicyclic) bond motifs is 1. The summed E-state index contributed by atoms with van der Waals surface area (Å²) >= 11 is 0. The molecule has 162 valence electrons. The second-order valence-corrected chi connectivity index (χ2v) is 7.73. The second kappa shape index (κ2) is 12.4. The van der Waals surface area contributed by atoms with Gasteiger partial charge in [0.05, 0.1) is 11.0 Å². The summed E-state index contributed by atoms with van der Waals surface area (Å²) in [5.74, 6) is 1.91. The number of H-pyrrole nitrogens is 1. The summed E-state index contributed by atoms with van der Waals surface area (Å²) in [6, 6.07) is 8.15. The van der Waals surface area contributed by atoms with Crippen molar-refractivity contribution in [3.8, 4) is 0 Å². The van der Waals surface area contributed by atoms with E-state index in [4.69, 9.17) is 9.73 Å². The molecule has 7 heteroatoms. The molecule has 1 heterocycles. The summed E-state index contributed by atoms with van der Waals surface area (Å²) in [7, 11) is 0. The summed E-state index contributed by atoms with van der Waals surface area (Å²) in [6.07, 6.45) is 7.12. The molecule has 3 rings (SSSR count). The van der Waals surface area contributed by atoms with Crippen molar-refractivity contribution < 1.29 is 4.74 Å². The zero-order valence-electron chi connectivity index (χ0n) is 17.8. The zero-order valence-corrected chi connectivity index (χ0v) is 20.1. The number of nitrogens with zero attached hydrogens (tertiary/aromatic N) is 2. The normalized spacial score (nSPS) is 16.0. The number of para-hydroxylation sites is 2. The second-order valence-electron chi connectivity index (χ2n) is 7.73. The minimum atomic E-state index is 0. The molecule has 0 atom stereocenters. The third-order valence-electron chi connectivity index (χ3n) is 5.65. The molecule has 0 aliphatic heterocycles. The molecule has 0 saturated heterocycles. The maximum atomic E-state index is 5.62. The lowest BCUT2D eigenvalue weighted by molar-refractivity contribution is 0.107. The van der Waals surface area contributed by atoms with Crippen LogP contribution < -0.4 is 10.6 Å². The van der Waals surface area contributed by atoms with E-state index in [2.05, 4.69) is 40.5 Å². The molecular formula is C22H36IN5O. The van der Waals surface area contributed by atoms with Crippen LogP contribution in [0.15, 0.2) is 29.3 Å². The average molecular weight is 513 g/mol. The maximum Gasteiger partial charge on any atom is 0.191 e. The van der Waals surface area contributed by atoms with Crippen LogP contribution in [0.4, 0.5) is 0 Å². The van der Waals surface area contributed by atoms with Gasteiger partial charge in [0.25, 0.3) is 0 Å². The molecule has 1 aliphatic carbocycles. The van der Waals surface area contributed by atoms with Crippen LogP contribution in [0.5, 0.6) is 0 Å². The Kier molecular flexibility index (Phi) is 10.2. The Morgan fingerprint density at radius 2 is 2.00 bits per heavy atom. The van der Waals surface area contributed by atoms with Gasteiger partial charge in [-0.05, 0) is 50.7 Å². The van der Waals surface area contributed by atoms with Gasteiger partial charge in [0.15, 0.2) is 5.96 Å². The minimum Gasteiger partial charge on any atom is -0.382 e. The summed E-state index contributed by atoms with van der Waals surface area (Å²) in [6.45, 7) is 8.36. The first kappa shape index (κ1) is 23.9. The van der Waals surface area contributed by atoms with Crippen molar-refractivity contribution in [1.29, 1.82) is 0 Å². The van der Waals surface area contributed by atoms with E-state index in [-0.39, 0.29) is 24.0 Å². The van der Waals surface area contributed by atoms with Gasteiger partial charge >= 0.3 is 0 Å². The van der Waals surface area contributed by atoms with Crippen molar-refractivity contribution in [3.63, 3.8) is 0 Å². The Bertz CT molecular complexity index is 721. The number of ether oxygens (including phenoxy) is 1. The van der Waals surface area contributed by atoms with Crippen LogP contribution >= 0.6 is 24.0 Å². The van der Waals surface area contributed by atoms with Gasteiger partial charge in [-0.3, -0.25) is 4.99 Å². The highest BCUT2D eigenvalue weighted by atomic mass is 127. The molecule has 29 heavy (non-hydrogen) atoms. The summed E-state index contributed by atoms with van der Waals surface area (Å²) in [5, 5.41) is 6.85. The fourth-order valence-corrected chi connectivity index (χ4v) is 4.06. The lowest BCUT2D eigenvalue weighted by atomic mass is 9.83. The maximum absolute atomic E-state index is 5.62. The number of aliphatic imine (C=N–C) groups is 1. The van der Waals surface area contributed by atoms with E-state index in [0.717, 1.165) is 68.5 Å². The van der Waals surface area contributed by atoms with Crippen LogP contribution in [0, 0.1) is 5.41 Å². The number of hydrogen-bond donors (Lipinski definition) is 3. The number of aromatic amines is 1. The van der Waals surface area contributed by atoms with E-state index < -0.39 is 0 Å². The highest BCUT2D eigenvalue weighted by Crippen LogP contribution is 2.41. The summed E-state index contributed by atoms with van der Waals surface area (Å²) < 4.78 is 5.62. The highest BCUT2D eigenvalue weighted by molar-refractivity contribution is 14.0. The van der Waals surface area contributed by atoms with Gasteiger partial charge in [0.1, 0.15) is 5.82 Å². The molecule has 1 fully saturated rings. The largest absolute Gasteiger partial charge is 0.382 e. The number of hydrogen-bond acceptors (Lipinski definition) is 3. The Labute approximate surface area is 191 Å². The third-order valence-corrected chi connectivity index (χ3v) is 5.65. The van der Waals surface area contributed by atoms with E-state index >= 15 is 0 Å². The van der Waals surface area contributed by atoms with E-state index in [1.54, 1.807) is 0 Å². The molecule has 6 nitrogen and oxygen atoms in total. The van der Waals surface area contributed by atoms with E-state index in [0.29, 0.717) is 5.41 Å². The standard InChI is InChI=1S/C22H35N5O.HI/c1-3-23-21(25-17-22(12-7-8-13-22)14-16-28-4-2)24-15-11-20-26-18-9-5-6-10-19(18)27-20;/h5-6,9-10H,3-4,7-8,11-17H2,1-2H3,(H,26,27)(H2,23,24,25);1H. The Morgan fingerprint density at radius 3 is 2.72 bits per heavy atom. The average Bonchev–Trinajstić information content (AvgIpc) is 3.33. The number of benzene rings is 1. The number of nitrogens with one attached hydrogen (secondary N) is 3. The molecule has 0 amide bonds. The van der Waals surface area contributed by atoms with Crippen LogP contribution in [0.1, 0.15) is 51.8 Å². The lowest BCUT2D eigenvalue weighted by Gasteiger charge is -2.27. The van der Waals surface area contributed by atoms with Gasteiger partial charge in [0.2, 0.25) is 0 Å². The smallest absolute Gasteiger partial charge is 0.191 e. The molecule has 1 saturated carbocycles. The summed E-state index contributed by atoms with van der Waals surface area (Å²) in [4.78, 5) is 13.0. The van der Waals surface area contributed by atoms with E-state index in [9.17, 15) is 0 Å². The number of aromatic nitrogens is 2. The third kappa shape index (κ3) is 7.13. The molecule has 1 aliphatic rings. The van der Waals surface area contributed by atoms with Crippen molar-refractivity contribution >= 4 is 41.0 Å². The quantitative estimate of drug-likeness (QED) is 0.192. The molecular weight excluding hydrogens is 477 g/mol. The van der Waals surface area contributed by atoms with Gasteiger partial charge in [0, 0.05) is 39.3 Å². The molecule has 0 radical (unpaired) electrons. The SMILES string of the molecule is CCNC(=NCC1(CCOCC)CCCC1)NCCc1nc2ccccc2[nH]1.I. The van der Waals surface area contributed by atoms with Crippen molar-refractivity contribution in [1.82, 2.24) is 20.6 Å². The predicted octanol–water partition coefficient (Wildman–Crippen LogP) is 4.27. The Morgan fingerprint density at radius 1 is 1.21 bits per heavy atom. The first-order valence-corrected chi connectivity index (χ1v) is 10.8. The summed E-state index contributed by atoms with van der Waals surface area (Å²) in [5.41, 5.74) is 2.43. The fraction of sp³-hybridized carbons (Fsp3) is 0.636. The number of guanidine groups is 1. The highest BCUT2D eigenvalue weighted by Gasteiger charge is 2.33. The van der Waals surface area contributed by atoms with Gasteiger partial charge in [-0.15, -0.1) is 24.0 Å². The lowest BCUT2D eigenvalue weighted by Crippen LogP contribution is -2.39. The number of imidazole rings is 1.